The molecule has 1 aliphatic rings. The molecule has 0 aliphatic carbocycles. The van der Waals surface area contributed by atoms with Crippen molar-refractivity contribution in [1.82, 2.24) is 9.13 Å². The number of aromatic nitrogens is 2. The van der Waals surface area contributed by atoms with Crippen molar-refractivity contribution in [2.75, 3.05) is 18.5 Å². The number of likely N-dealkylation sites (N-methyl/N-ethyl adjacent to an activating group) is 1. The molecule has 29 heavy (non-hydrogen) atoms. The zero-order chi connectivity index (χ0) is 20.7. The largest absolute Gasteiger partial charge is 0.481 e. The van der Waals surface area contributed by atoms with E-state index in [2.05, 4.69) is 37.1 Å². The van der Waals surface area contributed by atoms with E-state index in [-0.39, 0.29) is 18.2 Å². The molecule has 1 aromatic heterocycles. The van der Waals surface area contributed by atoms with E-state index in [9.17, 15) is 14.7 Å². The highest BCUT2D eigenvalue weighted by Gasteiger charge is 2.30. The summed E-state index contributed by atoms with van der Waals surface area (Å²) in [7, 11) is 2.09. The van der Waals surface area contributed by atoms with Gasteiger partial charge in [-0.2, -0.15) is 0 Å². The van der Waals surface area contributed by atoms with E-state index in [1.54, 1.807) is 4.57 Å². The number of hydrogen-bond acceptors (Lipinski definition) is 3. The van der Waals surface area contributed by atoms with Crippen molar-refractivity contribution in [2.24, 2.45) is 5.92 Å². The lowest BCUT2D eigenvalue weighted by Gasteiger charge is -2.14. The molecule has 3 aromatic rings. The van der Waals surface area contributed by atoms with Crippen LogP contribution in [-0.2, 0) is 17.9 Å². The summed E-state index contributed by atoms with van der Waals surface area (Å²) >= 11 is 0. The molecule has 0 radical (unpaired) electrons. The van der Waals surface area contributed by atoms with E-state index in [0.717, 1.165) is 17.6 Å². The smallest absolute Gasteiger partial charge is 0.329 e. The van der Waals surface area contributed by atoms with Crippen LogP contribution >= 0.6 is 0 Å². The third-order valence-corrected chi connectivity index (χ3v) is 6.19. The Labute approximate surface area is 170 Å². The Balaban J connectivity index is 1.78. The third-order valence-electron chi connectivity index (χ3n) is 6.19. The molecule has 2 atom stereocenters. The highest BCUT2D eigenvalue weighted by Crippen LogP contribution is 2.38. The fourth-order valence-corrected chi connectivity index (χ4v) is 4.65. The fraction of sp³-hybridized carbons (Fsp3) is 0.391. The van der Waals surface area contributed by atoms with Gasteiger partial charge >= 0.3 is 11.7 Å². The maximum absolute atomic E-state index is 13.3. The summed E-state index contributed by atoms with van der Waals surface area (Å²) < 4.78 is 3.46. The number of rotatable bonds is 6. The van der Waals surface area contributed by atoms with Crippen LogP contribution in [0.1, 0.15) is 30.4 Å². The van der Waals surface area contributed by atoms with Gasteiger partial charge in [0.25, 0.3) is 0 Å². The Morgan fingerprint density at radius 3 is 2.48 bits per heavy atom. The number of hydrogen-bond donors (Lipinski definition) is 1. The summed E-state index contributed by atoms with van der Waals surface area (Å²) in [5.41, 5.74) is 5.30. The van der Waals surface area contributed by atoms with Crippen molar-refractivity contribution in [3.8, 4) is 0 Å². The fourth-order valence-electron chi connectivity index (χ4n) is 4.65. The molecule has 2 heterocycles. The number of aryl methyl sites for hydroxylation is 1. The van der Waals surface area contributed by atoms with E-state index in [0.29, 0.717) is 13.0 Å². The van der Waals surface area contributed by atoms with E-state index < -0.39 is 11.9 Å². The van der Waals surface area contributed by atoms with Gasteiger partial charge in [-0.05, 0) is 42.7 Å². The number of imidazole rings is 1. The number of fused-ring (bicyclic) bond motifs is 2. The predicted molar refractivity (Wildman–Crippen MR) is 115 cm³/mol. The summed E-state index contributed by atoms with van der Waals surface area (Å²) in [6.45, 7) is 5.60. The summed E-state index contributed by atoms with van der Waals surface area (Å²) in [6, 6.07) is 14.0. The van der Waals surface area contributed by atoms with Gasteiger partial charge in [0.2, 0.25) is 0 Å². The molecule has 0 bridgehead atoms. The lowest BCUT2D eigenvalue weighted by atomic mass is 9.96. The lowest BCUT2D eigenvalue weighted by molar-refractivity contribution is -0.142. The second-order valence-electron chi connectivity index (χ2n) is 8.02. The molecule has 0 amide bonds. The third kappa shape index (κ3) is 3.22. The van der Waals surface area contributed by atoms with Crippen LogP contribution in [0.25, 0.3) is 11.0 Å². The second kappa shape index (κ2) is 7.43. The van der Waals surface area contributed by atoms with Gasteiger partial charge in [0.15, 0.2) is 0 Å². The molecule has 6 heteroatoms. The van der Waals surface area contributed by atoms with Gasteiger partial charge in [-0.25, -0.2) is 4.79 Å². The Kier molecular flexibility index (Phi) is 4.94. The number of anilines is 1. The number of aliphatic carboxylic acids is 1. The van der Waals surface area contributed by atoms with Crippen molar-refractivity contribution in [3.63, 3.8) is 0 Å². The molecule has 152 valence electrons. The van der Waals surface area contributed by atoms with Crippen LogP contribution in [0.4, 0.5) is 5.69 Å². The Morgan fingerprint density at radius 1 is 1.14 bits per heavy atom. The average molecular weight is 393 g/mol. The number of benzene rings is 2. The standard InChI is InChI=1S/C23H27N3O3/c1-4-16(22(27)28)13-25-18-9-5-6-10-19(18)26(23(25)29)14-17-12-24(3)20-11-7-8-15(2)21(17)20/h5-11,16-17H,4,12-14H2,1-3H3,(H,27,28). The molecule has 0 saturated carbocycles. The first kappa shape index (κ1) is 19.3. The first-order valence-corrected chi connectivity index (χ1v) is 10.1. The summed E-state index contributed by atoms with van der Waals surface area (Å²) in [5, 5.41) is 9.48. The van der Waals surface area contributed by atoms with Gasteiger partial charge in [0.05, 0.1) is 17.0 Å². The van der Waals surface area contributed by atoms with Crippen molar-refractivity contribution in [3.05, 3.63) is 64.1 Å². The van der Waals surface area contributed by atoms with E-state index in [4.69, 9.17) is 0 Å². The predicted octanol–water partition coefficient (Wildman–Crippen LogP) is 3.46. The Bertz CT molecular complexity index is 1130. The van der Waals surface area contributed by atoms with Gasteiger partial charge in [0, 0.05) is 38.3 Å². The highest BCUT2D eigenvalue weighted by atomic mass is 16.4. The maximum atomic E-state index is 13.3. The summed E-state index contributed by atoms with van der Waals surface area (Å²) in [5.74, 6) is -1.22. The van der Waals surface area contributed by atoms with Crippen LogP contribution in [-0.4, -0.2) is 33.8 Å². The minimum absolute atomic E-state index is 0.129. The maximum Gasteiger partial charge on any atom is 0.329 e. The molecule has 6 nitrogen and oxygen atoms in total. The van der Waals surface area contributed by atoms with Crippen molar-refractivity contribution in [1.29, 1.82) is 0 Å². The molecular weight excluding hydrogens is 366 g/mol. The van der Waals surface area contributed by atoms with Crippen LogP contribution in [0.3, 0.4) is 0 Å². The molecule has 0 saturated heterocycles. The molecule has 2 unspecified atom stereocenters. The van der Waals surface area contributed by atoms with E-state index >= 15 is 0 Å². The number of carbonyl (C=O) groups is 1. The van der Waals surface area contributed by atoms with Gasteiger partial charge in [-0.3, -0.25) is 13.9 Å². The van der Waals surface area contributed by atoms with Gasteiger partial charge in [-0.15, -0.1) is 0 Å². The number of para-hydroxylation sites is 2. The zero-order valence-electron chi connectivity index (χ0n) is 17.1. The van der Waals surface area contributed by atoms with Crippen LogP contribution in [0.15, 0.2) is 47.3 Å². The molecular formula is C23H27N3O3. The molecule has 1 N–H and O–H groups in total. The number of nitrogens with zero attached hydrogens (tertiary/aromatic N) is 3. The minimum Gasteiger partial charge on any atom is -0.481 e. The number of carboxylic acid groups (broad SMARTS) is 1. The Hall–Kier alpha value is -3.02. The topological polar surface area (TPSA) is 67.5 Å². The zero-order valence-corrected chi connectivity index (χ0v) is 17.1. The quantitative estimate of drug-likeness (QED) is 0.696. The lowest BCUT2D eigenvalue weighted by Crippen LogP contribution is -2.31. The monoisotopic (exact) mass is 393 g/mol. The summed E-state index contributed by atoms with van der Waals surface area (Å²) in [6.07, 6.45) is 0.487. The molecule has 1 aliphatic heterocycles. The second-order valence-corrected chi connectivity index (χ2v) is 8.02. The average Bonchev–Trinajstić information content (AvgIpc) is 3.16. The normalized spacial score (nSPS) is 16.9. The Morgan fingerprint density at radius 2 is 1.83 bits per heavy atom. The highest BCUT2D eigenvalue weighted by molar-refractivity contribution is 5.77. The van der Waals surface area contributed by atoms with Crippen molar-refractivity contribution < 1.29 is 9.90 Å². The summed E-state index contributed by atoms with van der Waals surface area (Å²) in [4.78, 5) is 27.1. The number of carboxylic acids is 1. The molecule has 4 rings (SSSR count). The molecule has 0 fully saturated rings. The van der Waals surface area contributed by atoms with Crippen LogP contribution in [0.2, 0.25) is 0 Å². The van der Waals surface area contributed by atoms with Crippen molar-refractivity contribution >= 4 is 22.7 Å². The van der Waals surface area contributed by atoms with E-state index in [1.165, 1.54) is 16.8 Å². The van der Waals surface area contributed by atoms with Crippen LogP contribution in [0.5, 0.6) is 0 Å². The van der Waals surface area contributed by atoms with Gasteiger partial charge in [0.1, 0.15) is 0 Å². The van der Waals surface area contributed by atoms with Crippen LogP contribution in [0, 0.1) is 12.8 Å². The first-order valence-electron chi connectivity index (χ1n) is 10.1. The minimum atomic E-state index is -0.863. The van der Waals surface area contributed by atoms with Crippen LogP contribution < -0.4 is 10.6 Å². The molecule has 0 spiro atoms. The first-order chi connectivity index (χ1) is 13.9. The van der Waals surface area contributed by atoms with Gasteiger partial charge in [-0.1, -0.05) is 31.2 Å². The SMILES string of the molecule is CCC(Cn1c(=O)n(CC2CN(C)c3cccc(C)c32)c2ccccc21)C(=O)O. The van der Waals surface area contributed by atoms with Gasteiger partial charge < -0.3 is 10.0 Å². The molecule has 2 aromatic carbocycles. The van der Waals surface area contributed by atoms with E-state index in [1.807, 2.05) is 35.8 Å². The van der Waals surface area contributed by atoms with Crippen molar-refractivity contribution in [2.45, 2.75) is 39.3 Å².